The number of ether oxygens (including phenoxy) is 1. The second-order valence-electron chi connectivity index (χ2n) is 7.22. The highest BCUT2D eigenvalue weighted by Gasteiger charge is 2.47. The van der Waals surface area contributed by atoms with Crippen molar-refractivity contribution in [1.82, 2.24) is 0 Å². The van der Waals surface area contributed by atoms with Crippen LogP contribution in [0.5, 0.6) is 0 Å². The first-order valence-corrected chi connectivity index (χ1v) is 8.24. The van der Waals surface area contributed by atoms with Crippen molar-refractivity contribution in [3.63, 3.8) is 0 Å². The maximum Gasteiger partial charge on any atom is 0.0686 e. The van der Waals surface area contributed by atoms with Crippen molar-refractivity contribution in [3.05, 3.63) is 0 Å². The summed E-state index contributed by atoms with van der Waals surface area (Å²) in [5.41, 5.74) is 5.64. The van der Waals surface area contributed by atoms with Crippen LogP contribution in [0, 0.1) is 5.92 Å². The first kappa shape index (κ1) is 13.8. The van der Waals surface area contributed by atoms with Gasteiger partial charge >= 0.3 is 0 Å². The van der Waals surface area contributed by atoms with Crippen LogP contribution in [-0.2, 0) is 4.74 Å². The number of nitrogens with two attached hydrogens (primary N) is 1. The average Bonchev–Trinajstić information content (AvgIpc) is 2.43. The summed E-state index contributed by atoms with van der Waals surface area (Å²) < 4.78 is 6.16. The van der Waals surface area contributed by atoms with E-state index in [0.717, 1.165) is 45.1 Å². The fourth-order valence-electron chi connectivity index (χ4n) is 4.58. The van der Waals surface area contributed by atoms with E-state index in [4.69, 9.17) is 10.5 Å². The van der Waals surface area contributed by atoms with E-state index < -0.39 is 5.60 Å². The largest absolute Gasteiger partial charge is 0.390 e. The fraction of sp³-hybridized carbons (Fsp3) is 1.00. The van der Waals surface area contributed by atoms with Crippen molar-refractivity contribution in [2.75, 3.05) is 6.61 Å². The molecule has 0 aromatic rings. The summed E-state index contributed by atoms with van der Waals surface area (Å²) in [6.07, 6.45) is 12.3. The Morgan fingerprint density at radius 2 is 1.63 bits per heavy atom. The highest BCUT2D eigenvalue weighted by Crippen LogP contribution is 2.47. The minimum absolute atomic E-state index is 0.108. The first-order chi connectivity index (χ1) is 9.12. The summed E-state index contributed by atoms with van der Waals surface area (Å²) in [5.74, 6) is 0.437. The Kier molecular flexibility index (Phi) is 3.89. The molecule has 1 atom stereocenters. The van der Waals surface area contributed by atoms with Gasteiger partial charge in [-0.25, -0.2) is 0 Å². The van der Waals surface area contributed by atoms with Gasteiger partial charge in [-0.3, -0.25) is 0 Å². The molecule has 3 fully saturated rings. The summed E-state index contributed by atoms with van der Waals surface area (Å²) in [5, 5.41) is 11.0. The normalized spacial score (nSPS) is 43.3. The van der Waals surface area contributed by atoms with Gasteiger partial charge in [0.05, 0.1) is 11.2 Å². The van der Waals surface area contributed by atoms with Crippen LogP contribution in [0.2, 0.25) is 0 Å². The van der Waals surface area contributed by atoms with Crippen molar-refractivity contribution in [2.45, 2.75) is 87.9 Å². The minimum atomic E-state index is -0.454. The molecule has 0 bridgehead atoms. The molecule has 0 radical (unpaired) electrons. The first-order valence-electron chi connectivity index (χ1n) is 8.24. The number of hydrogen-bond acceptors (Lipinski definition) is 3. The maximum absolute atomic E-state index is 11.0. The number of rotatable bonds is 1. The molecule has 19 heavy (non-hydrogen) atoms. The lowest BCUT2D eigenvalue weighted by Crippen LogP contribution is -2.51. The summed E-state index contributed by atoms with van der Waals surface area (Å²) in [7, 11) is 0. The molecule has 2 saturated carbocycles. The number of hydrogen-bond donors (Lipinski definition) is 2. The zero-order chi connectivity index (χ0) is 13.3. The Bertz CT molecular complexity index is 298. The third-order valence-corrected chi connectivity index (χ3v) is 5.91. The lowest BCUT2D eigenvalue weighted by molar-refractivity contribution is -0.164. The summed E-state index contributed by atoms with van der Waals surface area (Å²) in [4.78, 5) is 0. The predicted molar refractivity (Wildman–Crippen MR) is 75.9 cm³/mol. The number of aliphatic hydroxyl groups is 1. The maximum atomic E-state index is 11.0. The molecule has 3 aliphatic rings. The monoisotopic (exact) mass is 267 g/mol. The van der Waals surface area contributed by atoms with Crippen LogP contribution in [0.15, 0.2) is 0 Å². The third kappa shape index (κ3) is 2.84. The molecular formula is C16H29NO2. The molecular weight excluding hydrogens is 238 g/mol. The molecule has 3 nitrogen and oxygen atoms in total. The molecule has 1 unspecified atom stereocenters. The second kappa shape index (κ2) is 5.34. The van der Waals surface area contributed by atoms with E-state index in [0.29, 0.717) is 12.0 Å². The standard InChI is InChI=1S/C16H29NO2/c17-14-4-9-16(18,10-5-14)13-6-11-19-15(12-13)7-2-1-3-8-15/h13-14,18H,1-12,17H2. The van der Waals surface area contributed by atoms with E-state index in [-0.39, 0.29) is 5.60 Å². The Balaban J connectivity index is 1.67. The lowest BCUT2D eigenvalue weighted by atomic mass is 9.66. The van der Waals surface area contributed by atoms with Crippen LogP contribution in [0.25, 0.3) is 0 Å². The van der Waals surface area contributed by atoms with Crippen LogP contribution in [0.3, 0.4) is 0 Å². The summed E-state index contributed by atoms with van der Waals surface area (Å²) in [6.45, 7) is 0.846. The van der Waals surface area contributed by atoms with Gasteiger partial charge in [-0.1, -0.05) is 19.3 Å². The molecule has 1 spiro atoms. The minimum Gasteiger partial charge on any atom is -0.390 e. The lowest BCUT2D eigenvalue weighted by Gasteiger charge is -2.49. The topological polar surface area (TPSA) is 55.5 Å². The smallest absolute Gasteiger partial charge is 0.0686 e. The predicted octanol–water partition coefficient (Wildman–Crippen LogP) is 2.75. The molecule has 0 aromatic heterocycles. The molecule has 1 heterocycles. The van der Waals surface area contributed by atoms with Crippen molar-refractivity contribution < 1.29 is 9.84 Å². The van der Waals surface area contributed by atoms with Gasteiger partial charge in [0, 0.05) is 12.6 Å². The Morgan fingerprint density at radius 3 is 2.32 bits per heavy atom. The Hall–Kier alpha value is -0.120. The quantitative estimate of drug-likeness (QED) is 0.768. The van der Waals surface area contributed by atoms with E-state index in [9.17, 15) is 5.11 Å². The van der Waals surface area contributed by atoms with Crippen LogP contribution >= 0.6 is 0 Å². The molecule has 0 amide bonds. The Morgan fingerprint density at radius 1 is 0.947 bits per heavy atom. The van der Waals surface area contributed by atoms with Gasteiger partial charge in [-0.15, -0.1) is 0 Å². The van der Waals surface area contributed by atoms with Gasteiger partial charge in [0.2, 0.25) is 0 Å². The molecule has 3 rings (SSSR count). The zero-order valence-electron chi connectivity index (χ0n) is 12.1. The molecule has 0 aromatic carbocycles. The summed E-state index contributed by atoms with van der Waals surface area (Å²) in [6, 6.07) is 0.309. The van der Waals surface area contributed by atoms with Crippen molar-refractivity contribution in [3.8, 4) is 0 Å². The fourth-order valence-corrected chi connectivity index (χ4v) is 4.58. The average molecular weight is 267 g/mol. The highest BCUT2D eigenvalue weighted by molar-refractivity contribution is 4.99. The molecule has 3 heteroatoms. The van der Waals surface area contributed by atoms with Gasteiger partial charge in [0.25, 0.3) is 0 Å². The van der Waals surface area contributed by atoms with Gasteiger partial charge in [-0.05, 0) is 57.3 Å². The molecule has 1 aliphatic heterocycles. The van der Waals surface area contributed by atoms with E-state index in [1.54, 1.807) is 0 Å². The van der Waals surface area contributed by atoms with Gasteiger partial charge in [-0.2, -0.15) is 0 Å². The van der Waals surface area contributed by atoms with E-state index in [1.807, 2.05) is 0 Å². The molecule has 1 saturated heterocycles. The Labute approximate surface area is 116 Å². The van der Waals surface area contributed by atoms with E-state index in [2.05, 4.69) is 0 Å². The van der Waals surface area contributed by atoms with Crippen molar-refractivity contribution in [2.24, 2.45) is 11.7 Å². The van der Waals surface area contributed by atoms with E-state index >= 15 is 0 Å². The van der Waals surface area contributed by atoms with Crippen LogP contribution in [0.4, 0.5) is 0 Å². The summed E-state index contributed by atoms with van der Waals surface area (Å²) >= 11 is 0. The highest BCUT2D eigenvalue weighted by atomic mass is 16.5. The van der Waals surface area contributed by atoms with Gasteiger partial charge in [0.15, 0.2) is 0 Å². The SMILES string of the molecule is NC1CCC(O)(C2CCOC3(CCCCC3)C2)CC1. The van der Waals surface area contributed by atoms with Gasteiger partial charge < -0.3 is 15.6 Å². The zero-order valence-corrected chi connectivity index (χ0v) is 12.1. The second-order valence-corrected chi connectivity index (χ2v) is 7.22. The molecule has 3 N–H and O–H groups in total. The third-order valence-electron chi connectivity index (χ3n) is 5.91. The van der Waals surface area contributed by atoms with Crippen LogP contribution < -0.4 is 5.73 Å². The van der Waals surface area contributed by atoms with Crippen LogP contribution in [-0.4, -0.2) is 29.0 Å². The van der Waals surface area contributed by atoms with Crippen LogP contribution in [0.1, 0.15) is 70.6 Å². The van der Waals surface area contributed by atoms with Crippen molar-refractivity contribution in [1.29, 1.82) is 0 Å². The molecule has 2 aliphatic carbocycles. The van der Waals surface area contributed by atoms with Gasteiger partial charge in [0.1, 0.15) is 0 Å². The van der Waals surface area contributed by atoms with Crippen molar-refractivity contribution >= 4 is 0 Å². The molecule has 110 valence electrons. The van der Waals surface area contributed by atoms with E-state index in [1.165, 1.54) is 32.1 Å².